The maximum Gasteiger partial charge on any atom is 0.216 e. The molecule has 18 heavy (non-hydrogen) atoms. The molecule has 1 heterocycles. The molecule has 1 aromatic carbocycles. The van der Waals surface area contributed by atoms with Crippen molar-refractivity contribution in [2.75, 3.05) is 0 Å². The molecule has 0 spiro atoms. The van der Waals surface area contributed by atoms with Gasteiger partial charge >= 0.3 is 0 Å². The van der Waals surface area contributed by atoms with Gasteiger partial charge in [0.1, 0.15) is 0 Å². The van der Waals surface area contributed by atoms with E-state index in [0.717, 1.165) is 4.47 Å². The molecule has 2 rings (SSSR count). The average molecular weight is 305 g/mol. The highest BCUT2D eigenvalue weighted by Crippen LogP contribution is 2.11. The summed E-state index contributed by atoms with van der Waals surface area (Å²) in [6, 6.07) is 10.4. The molecule has 90 valence electrons. The van der Waals surface area contributed by atoms with E-state index in [9.17, 15) is 9.90 Å². The average Bonchev–Trinajstić information content (AvgIpc) is 2.37. The molecule has 0 bridgehead atoms. The van der Waals surface area contributed by atoms with Crippen LogP contribution in [0.1, 0.15) is 10.4 Å². The van der Waals surface area contributed by atoms with Crippen LogP contribution >= 0.6 is 15.9 Å². The lowest BCUT2D eigenvalue weighted by molar-refractivity contribution is -0.568. The molecule has 4 heteroatoms. The van der Waals surface area contributed by atoms with Crippen molar-refractivity contribution in [2.45, 2.75) is 0 Å². The van der Waals surface area contributed by atoms with Gasteiger partial charge in [-0.1, -0.05) is 15.9 Å². The SMILES string of the molecule is O=C(/C=C/[n+]1cccc(O)c1)c1ccc(Br)cc1. The van der Waals surface area contributed by atoms with Crippen molar-refractivity contribution >= 4 is 27.9 Å². The Balaban J connectivity index is 2.14. The normalized spacial score (nSPS) is 10.7. The van der Waals surface area contributed by atoms with E-state index >= 15 is 0 Å². The Bertz CT molecular complexity index is 591. The number of allylic oxidation sites excluding steroid dienone is 1. The predicted octanol–water partition coefficient (Wildman–Crippen LogP) is 2.80. The summed E-state index contributed by atoms with van der Waals surface area (Å²) in [7, 11) is 0. The maximum absolute atomic E-state index is 11.8. The number of benzene rings is 1. The third kappa shape index (κ3) is 3.28. The monoisotopic (exact) mass is 304 g/mol. The van der Waals surface area contributed by atoms with Crippen molar-refractivity contribution in [3.63, 3.8) is 0 Å². The van der Waals surface area contributed by atoms with Crippen LogP contribution in [-0.4, -0.2) is 10.9 Å². The van der Waals surface area contributed by atoms with Gasteiger partial charge in [0.15, 0.2) is 23.9 Å². The van der Waals surface area contributed by atoms with Gasteiger partial charge in [0, 0.05) is 16.1 Å². The smallest absolute Gasteiger partial charge is 0.216 e. The molecule has 2 aromatic rings. The Morgan fingerprint density at radius 3 is 2.61 bits per heavy atom. The fraction of sp³-hybridized carbons (Fsp3) is 0. The van der Waals surface area contributed by atoms with Crippen molar-refractivity contribution in [2.24, 2.45) is 0 Å². The number of carbonyl (C=O) groups excluding carboxylic acids is 1. The van der Waals surface area contributed by atoms with Crippen LogP contribution in [0.5, 0.6) is 5.75 Å². The lowest BCUT2D eigenvalue weighted by Gasteiger charge is -1.94. The van der Waals surface area contributed by atoms with E-state index in [2.05, 4.69) is 15.9 Å². The lowest BCUT2D eigenvalue weighted by atomic mass is 10.1. The molecule has 0 aliphatic heterocycles. The lowest BCUT2D eigenvalue weighted by Crippen LogP contribution is -2.24. The summed E-state index contributed by atoms with van der Waals surface area (Å²) in [5, 5.41) is 9.28. The number of hydrogen-bond acceptors (Lipinski definition) is 2. The maximum atomic E-state index is 11.8. The largest absolute Gasteiger partial charge is 0.503 e. The molecular formula is C14H11BrNO2+. The number of hydrogen-bond donors (Lipinski definition) is 1. The summed E-state index contributed by atoms with van der Waals surface area (Å²) in [5.74, 6) is 0.0663. The Kier molecular flexibility index (Phi) is 3.89. The Morgan fingerprint density at radius 2 is 1.94 bits per heavy atom. The number of carbonyl (C=O) groups is 1. The summed E-state index contributed by atoms with van der Waals surface area (Å²) in [4.78, 5) is 11.8. The molecule has 0 unspecified atom stereocenters. The zero-order chi connectivity index (χ0) is 13.0. The van der Waals surface area contributed by atoms with Crippen LogP contribution in [0, 0.1) is 0 Å². The van der Waals surface area contributed by atoms with Crippen molar-refractivity contribution in [1.82, 2.24) is 0 Å². The fourth-order valence-electron chi connectivity index (χ4n) is 1.44. The van der Waals surface area contributed by atoms with Crippen LogP contribution in [0.3, 0.4) is 0 Å². The van der Waals surface area contributed by atoms with Gasteiger partial charge in [-0.05, 0) is 30.3 Å². The van der Waals surface area contributed by atoms with Gasteiger partial charge in [-0.2, -0.15) is 4.57 Å². The van der Waals surface area contributed by atoms with Crippen molar-refractivity contribution in [1.29, 1.82) is 0 Å². The first-order chi connectivity index (χ1) is 8.65. The van der Waals surface area contributed by atoms with E-state index in [1.54, 1.807) is 41.2 Å². The van der Waals surface area contributed by atoms with Gasteiger partial charge < -0.3 is 5.11 Å². The van der Waals surface area contributed by atoms with Crippen LogP contribution < -0.4 is 4.57 Å². The van der Waals surface area contributed by atoms with Gasteiger partial charge in [-0.15, -0.1) is 0 Å². The number of ketones is 1. The van der Waals surface area contributed by atoms with Crippen molar-refractivity contribution in [3.05, 3.63) is 64.9 Å². The number of pyridine rings is 1. The molecule has 0 aliphatic rings. The Morgan fingerprint density at radius 1 is 1.22 bits per heavy atom. The third-order valence-electron chi connectivity index (χ3n) is 2.33. The second-order valence-electron chi connectivity index (χ2n) is 3.70. The molecule has 0 aliphatic carbocycles. The molecule has 1 aromatic heterocycles. The Labute approximate surface area is 113 Å². The van der Waals surface area contributed by atoms with Crippen molar-refractivity contribution in [3.8, 4) is 5.75 Å². The van der Waals surface area contributed by atoms with Gasteiger partial charge in [0.2, 0.25) is 6.20 Å². The van der Waals surface area contributed by atoms with Crippen LogP contribution in [0.2, 0.25) is 0 Å². The first kappa shape index (κ1) is 12.5. The summed E-state index contributed by atoms with van der Waals surface area (Å²) in [6.07, 6.45) is 6.32. The molecule has 0 fully saturated rings. The Hall–Kier alpha value is -1.94. The van der Waals surface area contributed by atoms with E-state index in [1.165, 1.54) is 12.3 Å². The fourth-order valence-corrected chi connectivity index (χ4v) is 1.70. The number of rotatable bonds is 3. The van der Waals surface area contributed by atoms with Gasteiger partial charge in [0.05, 0.1) is 6.08 Å². The summed E-state index contributed by atoms with van der Waals surface area (Å²) in [5.41, 5.74) is 0.621. The zero-order valence-electron chi connectivity index (χ0n) is 9.45. The van der Waals surface area contributed by atoms with Crippen molar-refractivity contribution < 1.29 is 14.5 Å². The second-order valence-corrected chi connectivity index (χ2v) is 4.61. The van der Waals surface area contributed by atoms with Crippen LogP contribution in [0.25, 0.3) is 6.20 Å². The first-order valence-corrected chi connectivity index (χ1v) is 6.12. The summed E-state index contributed by atoms with van der Waals surface area (Å²) in [6.45, 7) is 0. The van der Waals surface area contributed by atoms with Crippen LogP contribution in [0.15, 0.2) is 59.3 Å². The number of nitrogens with zero attached hydrogens (tertiary/aromatic N) is 1. The highest BCUT2D eigenvalue weighted by molar-refractivity contribution is 9.10. The minimum atomic E-state index is -0.0849. The third-order valence-corrected chi connectivity index (χ3v) is 2.86. The molecule has 3 nitrogen and oxygen atoms in total. The highest BCUT2D eigenvalue weighted by Gasteiger charge is 2.03. The standard InChI is InChI=1S/C14H10BrNO2/c15-12-5-3-11(4-6-12)14(18)7-9-16-8-1-2-13(17)10-16/h1-10H/p+1/b9-7+. The van der Waals surface area contributed by atoms with E-state index < -0.39 is 0 Å². The quantitative estimate of drug-likeness (QED) is 0.538. The molecule has 0 saturated heterocycles. The molecule has 1 N–H and O–H groups in total. The van der Waals surface area contributed by atoms with E-state index in [1.807, 2.05) is 12.1 Å². The molecule has 0 atom stereocenters. The van der Waals surface area contributed by atoms with Crippen LogP contribution in [0.4, 0.5) is 0 Å². The number of aromatic nitrogens is 1. The minimum absolute atomic E-state index is 0.0849. The van der Waals surface area contributed by atoms with Crippen LogP contribution in [-0.2, 0) is 0 Å². The molecule has 0 radical (unpaired) electrons. The van der Waals surface area contributed by atoms with Gasteiger partial charge in [0.25, 0.3) is 0 Å². The minimum Gasteiger partial charge on any atom is -0.503 e. The van der Waals surface area contributed by atoms with Gasteiger partial charge in [-0.25, -0.2) is 0 Å². The van der Waals surface area contributed by atoms with Gasteiger partial charge in [-0.3, -0.25) is 4.79 Å². The summed E-state index contributed by atoms with van der Waals surface area (Å²) < 4.78 is 2.55. The second kappa shape index (κ2) is 5.60. The molecule has 0 saturated carbocycles. The van der Waals surface area contributed by atoms with E-state index in [0.29, 0.717) is 5.56 Å². The summed E-state index contributed by atoms with van der Waals surface area (Å²) >= 11 is 3.32. The topological polar surface area (TPSA) is 41.2 Å². The number of aromatic hydroxyl groups is 1. The first-order valence-electron chi connectivity index (χ1n) is 5.33. The zero-order valence-corrected chi connectivity index (χ0v) is 11.0. The molecule has 0 amide bonds. The number of halogens is 1. The van der Waals surface area contributed by atoms with E-state index in [-0.39, 0.29) is 11.5 Å². The molecular weight excluding hydrogens is 294 g/mol. The predicted molar refractivity (Wildman–Crippen MR) is 72.1 cm³/mol. The highest BCUT2D eigenvalue weighted by atomic mass is 79.9. The van der Waals surface area contributed by atoms with E-state index in [4.69, 9.17) is 0 Å².